The molecule has 15 heteroatoms. The number of methoxy groups -OCH3 is 2. The molecule has 190 valence electrons. The summed E-state index contributed by atoms with van der Waals surface area (Å²) in [5.74, 6) is -0.325. The van der Waals surface area contributed by atoms with Gasteiger partial charge in [-0.15, -0.1) is 10.2 Å². The Morgan fingerprint density at radius 2 is 1.97 bits per heavy atom. The van der Waals surface area contributed by atoms with Crippen LogP contribution in [0.15, 0.2) is 51.7 Å². The van der Waals surface area contributed by atoms with Gasteiger partial charge < -0.3 is 14.2 Å². The van der Waals surface area contributed by atoms with Gasteiger partial charge in [-0.3, -0.25) is 19.2 Å². The second-order valence-electron chi connectivity index (χ2n) is 7.16. The Hall–Kier alpha value is -3.07. The second-order valence-corrected chi connectivity index (χ2v) is 11.7. The number of thioether (sulfide) groups is 1. The zero-order chi connectivity index (χ0) is 25.9. The average molecular weight is 571 g/mol. The van der Waals surface area contributed by atoms with E-state index < -0.39 is 28.0 Å². The summed E-state index contributed by atoms with van der Waals surface area (Å²) >= 11 is 8.29. The number of esters is 1. The van der Waals surface area contributed by atoms with Gasteiger partial charge in [-0.1, -0.05) is 34.7 Å². The average Bonchev–Trinajstić information content (AvgIpc) is 3.33. The molecule has 1 N–H and O–H groups in total. The van der Waals surface area contributed by atoms with Crippen molar-refractivity contribution >= 4 is 67.4 Å². The molecule has 0 bridgehead atoms. The molecule has 2 heterocycles. The minimum Gasteiger partial charge on any atom is -0.497 e. The summed E-state index contributed by atoms with van der Waals surface area (Å²) in [6, 6.07) is 10.4. The molecule has 1 aliphatic heterocycles. The molecule has 2 aromatic carbocycles. The number of carbonyl (C=O) groups is 2. The third-order valence-electron chi connectivity index (χ3n) is 4.91. The first-order chi connectivity index (χ1) is 17.2. The highest BCUT2D eigenvalue weighted by molar-refractivity contribution is 8.01. The third-order valence-corrected chi connectivity index (χ3v) is 8.88. The molecule has 3 aromatic rings. The van der Waals surface area contributed by atoms with Gasteiger partial charge in [0.25, 0.3) is 15.9 Å². The van der Waals surface area contributed by atoms with Crippen LogP contribution < -0.4 is 19.1 Å². The van der Waals surface area contributed by atoms with Crippen LogP contribution in [0.4, 0.5) is 10.8 Å². The zero-order valence-electron chi connectivity index (χ0n) is 18.8. The van der Waals surface area contributed by atoms with Crippen LogP contribution in [0.2, 0.25) is 5.02 Å². The molecule has 0 aliphatic carbocycles. The molecule has 1 aromatic heterocycles. The predicted octanol–water partition coefficient (Wildman–Crippen LogP) is 3.06. The molecular weight excluding hydrogens is 552 g/mol. The number of hydrogen-bond acceptors (Lipinski definition) is 11. The minimum absolute atomic E-state index is 0.00618. The monoisotopic (exact) mass is 570 g/mol. The number of fused-ring (bicyclic) bond motifs is 1. The Bertz CT molecular complexity index is 1380. The Kier molecular flexibility index (Phi) is 7.88. The Labute approximate surface area is 219 Å². The molecule has 1 amide bonds. The number of nitrogens with one attached hydrogen (secondary N) is 1. The van der Waals surface area contributed by atoms with E-state index in [4.69, 9.17) is 21.1 Å². The highest BCUT2D eigenvalue weighted by Crippen LogP contribution is 2.39. The number of nitrogens with zero attached hydrogens (tertiary/aromatic N) is 3. The lowest BCUT2D eigenvalue weighted by molar-refractivity contribution is -0.137. The molecule has 0 radical (unpaired) electrons. The topological polar surface area (TPSA) is 137 Å². The molecule has 0 spiro atoms. The van der Waals surface area contributed by atoms with E-state index in [1.54, 1.807) is 0 Å². The summed E-state index contributed by atoms with van der Waals surface area (Å²) in [7, 11) is -1.33. The highest BCUT2D eigenvalue weighted by atomic mass is 35.5. The van der Waals surface area contributed by atoms with Crippen LogP contribution in [-0.4, -0.2) is 63.1 Å². The number of benzene rings is 2. The van der Waals surface area contributed by atoms with Crippen molar-refractivity contribution in [3.05, 3.63) is 47.5 Å². The van der Waals surface area contributed by atoms with Crippen molar-refractivity contribution in [1.82, 2.24) is 10.2 Å². The molecule has 1 aliphatic rings. The maximum absolute atomic E-state index is 13.5. The molecule has 4 rings (SSSR count). The van der Waals surface area contributed by atoms with Gasteiger partial charge in [-0.05, 0) is 42.5 Å². The molecule has 36 heavy (non-hydrogen) atoms. The van der Waals surface area contributed by atoms with Gasteiger partial charge in [-0.2, -0.15) is 0 Å². The lowest BCUT2D eigenvalue weighted by Crippen LogP contribution is -2.48. The zero-order valence-corrected chi connectivity index (χ0v) is 22.0. The highest BCUT2D eigenvalue weighted by Gasteiger charge is 2.38. The van der Waals surface area contributed by atoms with E-state index in [2.05, 4.69) is 20.3 Å². The molecule has 1 atom stereocenters. The van der Waals surface area contributed by atoms with Gasteiger partial charge in [0, 0.05) is 5.02 Å². The van der Waals surface area contributed by atoms with Crippen LogP contribution in [0.25, 0.3) is 0 Å². The number of sulfonamides is 1. The molecule has 0 saturated heterocycles. The summed E-state index contributed by atoms with van der Waals surface area (Å²) in [4.78, 5) is 24.3. The van der Waals surface area contributed by atoms with E-state index in [9.17, 15) is 18.0 Å². The van der Waals surface area contributed by atoms with Crippen LogP contribution in [0.1, 0.15) is 0 Å². The normalized spacial score (nSPS) is 15.0. The van der Waals surface area contributed by atoms with Gasteiger partial charge in [0.1, 0.15) is 11.5 Å². The maximum Gasteiger partial charge on any atom is 0.316 e. The Balaban J connectivity index is 1.57. The number of amides is 1. The summed E-state index contributed by atoms with van der Waals surface area (Å²) in [5.41, 5.74) is 0.208. The number of aromatic nitrogens is 2. The second kappa shape index (κ2) is 10.9. The van der Waals surface area contributed by atoms with Gasteiger partial charge in [0.05, 0.1) is 37.1 Å². The summed E-state index contributed by atoms with van der Waals surface area (Å²) in [5, 5.41) is 10.9. The summed E-state index contributed by atoms with van der Waals surface area (Å²) < 4.78 is 44.1. The van der Waals surface area contributed by atoms with E-state index in [1.165, 1.54) is 56.7 Å². The lowest BCUT2D eigenvalue weighted by atomic mass is 10.2. The Morgan fingerprint density at radius 1 is 1.22 bits per heavy atom. The molecular formula is C21H19ClN4O7S3. The summed E-state index contributed by atoms with van der Waals surface area (Å²) in [6.07, 6.45) is -1.19. The summed E-state index contributed by atoms with van der Waals surface area (Å²) in [6.45, 7) is -0.309. The Morgan fingerprint density at radius 3 is 2.67 bits per heavy atom. The van der Waals surface area contributed by atoms with Crippen molar-refractivity contribution in [2.75, 3.05) is 36.1 Å². The smallest absolute Gasteiger partial charge is 0.316 e. The van der Waals surface area contributed by atoms with E-state index in [-0.39, 0.29) is 33.8 Å². The molecule has 11 nitrogen and oxygen atoms in total. The fourth-order valence-electron chi connectivity index (χ4n) is 3.15. The van der Waals surface area contributed by atoms with Crippen molar-refractivity contribution in [3.63, 3.8) is 0 Å². The van der Waals surface area contributed by atoms with Gasteiger partial charge >= 0.3 is 5.97 Å². The van der Waals surface area contributed by atoms with E-state index in [0.717, 1.165) is 27.4 Å². The number of rotatable bonds is 8. The largest absolute Gasteiger partial charge is 0.497 e. The van der Waals surface area contributed by atoms with Gasteiger partial charge in [0.15, 0.2) is 10.4 Å². The standard InChI is InChI=1S/C21H19ClN4O7S3/c1-31-13-4-6-14(7-5-13)36(29,30)26-10-17(33-16-8-3-12(22)9-15(16)26)19(28)23-20-24-25-21(35-20)34-11-18(27)32-2/h3-9,17H,10-11H2,1-2H3,(H,23,24,28)/t17-/m1/s1. The first-order valence-corrected chi connectivity index (χ1v) is 13.8. The van der Waals surface area contributed by atoms with Crippen molar-refractivity contribution in [1.29, 1.82) is 0 Å². The van der Waals surface area contributed by atoms with E-state index in [1.807, 2.05) is 0 Å². The van der Waals surface area contributed by atoms with Crippen molar-refractivity contribution in [3.8, 4) is 11.5 Å². The molecule has 0 unspecified atom stereocenters. The molecule has 0 fully saturated rings. The van der Waals surface area contributed by atoms with Crippen LogP contribution in [0.3, 0.4) is 0 Å². The van der Waals surface area contributed by atoms with Crippen molar-refractivity contribution < 1.29 is 32.2 Å². The maximum atomic E-state index is 13.5. The van der Waals surface area contributed by atoms with Crippen LogP contribution in [0, 0.1) is 0 Å². The van der Waals surface area contributed by atoms with E-state index in [0.29, 0.717) is 15.1 Å². The van der Waals surface area contributed by atoms with Crippen molar-refractivity contribution in [2.45, 2.75) is 15.3 Å². The lowest BCUT2D eigenvalue weighted by Gasteiger charge is -2.34. The fourth-order valence-corrected chi connectivity index (χ4v) is 6.37. The quantitative estimate of drug-likeness (QED) is 0.244. The first kappa shape index (κ1) is 26.0. The van der Waals surface area contributed by atoms with Crippen LogP contribution in [-0.2, 0) is 24.3 Å². The minimum atomic E-state index is -4.08. The van der Waals surface area contributed by atoms with Crippen LogP contribution >= 0.6 is 34.7 Å². The van der Waals surface area contributed by atoms with Crippen LogP contribution in [0.5, 0.6) is 11.5 Å². The number of hydrogen-bond donors (Lipinski definition) is 1. The third kappa shape index (κ3) is 5.67. The number of carbonyl (C=O) groups excluding carboxylic acids is 2. The first-order valence-electron chi connectivity index (χ1n) is 10.2. The predicted molar refractivity (Wildman–Crippen MR) is 135 cm³/mol. The van der Waals surface area contributed by atoms with Crippen molar-refractivity contribution in [2.24, 2.45) is 0 Å². The number of anilines is 2. The van der Waals surface area contributed by atoms with Gasteiger partial charge in [0.2, 0.25) is 5.13 Å². The number of halogens is 1. The van der Waals surface area contributed by atoms with E-state index >= 15 is 0 Å². The van der Waals surface area contributed by atoms with Gasteiger partial charge in [-0.25, -0.2) is 8.42 Å². The fraction of sp³-hybridized carbons (Fsp3) is 0.238. The SMILES string of the molecule is COC(=O)CSc1nnc(NC(=O)[C@H]2CN(S(=O)(=O)c3ccc(OC)cc3)c3cc(Cl)ccc3O2)s1. The number of ether oxygens (including phenoxy) is 3. The molecule has 0 saturated carbocycles.